The van der Waals surface area contributed by atoms with Crippen molar-refractivity contribution in [2.75, 3.05) is 25.2 Å². The first-order valence-electron chi connectivity index (χ1n) is 11.5. The van der Waals surface area contributed by atoms with Crippen LogP contribution in [0.1, 0.15) is 52.0 Å². The molecule has 1 N–H and O–H groups in total. The van der Waals surface area contributed by atoms with E-state index in [0.717, 1.165) is 35.0 Å². The third kappa shape index (κ3) is 7.61. The summed E-state index contributed by atoms with van der Waals surface area (Å²) in [6.07, 6.45) is 6.30. The summed E-state index contributed by atoms with van der Waals surface area (Å²) < 4.78 is 10.6. The van der Waals surface area contributed by atoms with Gasteiger partial charge >= 0.3 is 5.97 Å². The van der Waals surface area contributed by atoms with E-state index in [1.54, 1.807) is 27.3 Å². The SMILES string of the molecule is COCCN(Cc1ccc(SC(C)(C)C(=O)O)cc1)c1cc(OC2CCC(C)CC2)ncn1. The summed E-state index contributed by atoms with van der Waals surface area (Å²) >= 11 is 1.34. The number of carbonyl (C=O) groups is 1. The quantitative estimate of drug-likeness (QED) is 0.454. The summed E-state index contributed by atoms with van der Waals surface area (Å²) in [5, 5.41) is 9.36. The maximum absolute atomic E-state index is 11.4. The summed E-state index contributed by atoms with van der Waals surface area (Å²) in [5.41, 5.74) is 1.10. The summed E-state index contributed by atoms with van der Waals surface area (Å²) in [6.45, 7) is 7.61. The first-order chi connectivity index (χ1) is 15.8. The molecular weight excluding hydrogens is 438 g/mol. The average molecular weight is 474 g/mol. The predicted molar refractivity (Wildman–Crippen MR) is 131 cm³/mol. The van der Waals surface area contributed by atoms with Gasteiger partial charge in [0.25, 0.3) is 0 Å². The molecule has 0 radical (unpaired) electrons. The number of methoxy groups -OCH3 is 1. The standard InChI is InChI=1S/C25H35N3O4S/c1-18-5-9-20(10-6-18)32-23-15-22(26-17-27-23)28(13-14-31-4)16-19-7-11-21(12-8-19)33-25(2,3)24(29)30/h7-8,11-12,15,17-18,20H,5-6,9-10,13-14,16H2,1-4H3,(H,29,30). The van der Waals surface area contributed by atoms with Crippen molar-refractivity contribution in [3.63, 3.8) is 0 Å². The van der Waals surface area contributed by atoms with Gasteiger partial charge in [0.15, 0.2) is 0 Å². The maximum atomic E-state index is 11.4. The van der Waals surface area contributed by atoms with E-state index in [1.165, 1.54) is 24.6 Å². The monoisotopic (exact) mass is 473 g/mol. The zero-order chi connectivity index (χ0) is 23.8. The zero-order valence-electron chi connectivity index (χ0n) is 20.0. The topological polar surface area (TPSA) is 84.8 Å². The minimum Gasteiger partial charge on any atom is -0.480 e. The van der Waals surface area contributed by atoms with E-state index in [9.17, 15) is 9.90 Å². The number of carboxylic acids is 1. The Labute approximate surface area is 200 Å². The number of hydrogen-bond donors (Lipinski definition) is 1. The predicted octanol–water partition coefficient (Wildman–Crippen LogP) is 5.04. The summed E-state index contributed by atoms with van der Waals surface area (Å²) in [4.78, 5) is 23.3. The molecule has 0 spiro atoms. The molecule has 0 atom stereocenters. The molecule has 0 saturated heterocycles. The smallest absolute Gasteiger partial charge is 0.319 e. The lowest BCUT2D eigenvalue weighted by Gasteiger charge is -2.27. The van der Waals surface area contributed by atoms with Crippen LogP contribution in [0.25, 0.3) is 0 Å². The molecule has 1 aromatic carbocycles. The van der Waals surface area contributed by atoms with Crippen molar-refractivity contribution in [3.8, 4) is 5.88 Å². The van der Waals surface area contributed by atoms with Crippen molar-refractivity contribution in [1.82, 2.24) is 9.97 Å². The Morgan fingerprint density at radius 1 is 1.18 bits per heavy atom. The Balaban J connectivity index is 1.69. The Kier molecular flexibility index (Phi) is 8.97. The van der Waals surface area contributed by atoms with Gasteiger partial charge in [-0.25, -0.2) is 9.97 Å². The van der Waals surface area contributed by atoms with Gasteiger partial charge in [-0.05, 0) is 63.1 Å². The van der Waals surface area contributed by atoms with Crippen molar-refractivity contribution in [3.05, 3.63) is 42.2 Å². The van der Waals surface area contributed by atoms with Crippen LogP contribution in [0.4, 0.5) is 5.82 Å². The lowest BCUT2D eigenvalue weighted by molar-refractivity contribution is -0.138. The number of anilines is 1. The van der Waals surface area contributed by atoms with E-state index in [1.807, 2.05) is 30.3 Å². The van der Waals surface area contributed by atoms with Gasteiger partial charge < -0.3 is 19.5 Å². The van der Waals surface area contributed by atoms with Crippen LogP contribution in [0.15, 0.2) is 41.6 Å². The number of nitrogens with zero attached hydrogens (tertiary/aromatic N) is 3. The Hall–Kier alpha value is -2.32. The van der Waals surface area contributed by atoms with Crippen molar-refractivity contribution < 1.29 is 19.4 Å². The van der Waals surface area contributed by atoms with Gasteiger partial charge in [0.2, 0.25) is 5.88 Å². The third-order valence-corrected chi connectivity index (χ3v) is 7.14. The Bertz CT molecular complexity index is 899. The fourth-order valence-corrected chi connectivity index (χ4v) is 4.73. The van der Waals surface area contributed by atoms with Crippen LogP contribution in [-0.2, 0) is 16.1 Å². The lowest BCUT2D eigenvalue weighted by Crippen LogP contribution is -2.28. The Morgan fingerprint density at radius 2 is 1.88 bits per heavy atom. The summed E-state index contributed by atoms with van der Waals surface area (Å²) in [5.74, 6) is 1.36. The van der Waals surface area contributed by atoms with E-state index in [4.69, 9.17) is 9.47 Å². The number of carboxylic acid groups (broad SMARTS) is 1. The molecule has 0 aliphatic heterocycles. The molecule has 1 saturated carbocycles. The summed E-state index contributed by atoms with van der Waals surface area (Å²) in [7, 11) is 1.69. The number of thioether (sulfide) groups is 1. The van der Waals surface area contributed by atoms with Gasteiger partial charge in [-0.2, -0.15) is 0 Å². The number of hydrogen-bond acceptors (Lipinski definition) is 7. The van der Waals surface area contributed by atoms with E-state index < -0.39 is 10.7 Å². The van der Waals surface area contributed by atoms with Crippen LogP contribution in [0.3, 0.4) is 0 Å². The maximum Gasteiger partial charge on any atom is 0.319 e. The van der Waals surface area contributed by atoms with Crippen LogP contribution >= 0.6 is 11.8 Å². The van der Waals surface area contributed by atoms with Gasteiger partial charge in [0, 0.05) is 31.2 Å². The van der Waals surface area contributed by atoms with E-state index in [-0.39, 0.29) is 6.10 Å². The lowest BCUT2D eigenvalue weighted by atomic mass is 9.89. The minimum atomic E-state index is -0.875. The molecule has 1 aromatic heterocycles. The molecule has 3 rings (SSSR count). The highest BCUT2D eigenvalue weighted by Crippen LogP contribution is 2.33. The zero-order valence-corrected chi connectivity index (χ0v) is 20.8. The Morgan fingerprint density at radius 3 is 2.52 bits per heavy atom. The number of benzene rings is 1. The summed E-state index contributed by atoms with van der Waals surface area (Å²) in [6, 6.07) is 9.91. The van der Waals surface area contributed by atoms with Gasteiger partial charge in [-0.3, -0.25) is 4.79 Å². The van der Waals surface area contributed by atoms with Crippen LogP contribution in [0.5, 0.6) is 5.88 Å². The van der Waals surface area contributed by atoms with Gasteiger partial charge in [-0.15, -0.1) is 11.8 Å². The van der Waals surface area contributed by atoms with Crippen molar-refractivity contribution in [2.45, 2.75) is 68.7 Å². The second-order valence-corrected chi connectivity index (χ2v) is 10.9. The first kappa shape index (κ1) is 25.3. The first-order valence-corrected chi connectivity index (χ1v) is 12.3. The molecule has 0 amide bonds. The highest BCUT2D eigenvalue weighted by Gasteiger charge is 2.28. The van der Waals surface area contributed by atoms with Crippen molar-refractivity contribution in [2.24, 2.45) is 5.92 Å². The molecule has 1 aliphatic carbocycles. The molecule has 2 aromatic rings. The minimum absolute atomic E-state index is 0.219. The van der Waals surface area contributed by atoms with E-state index in [2.05, 4.69) is 21.8 Å². The number of aliphatic carboxylic acids is 1. The van der Waals surface area contributed by atoms with Crippen molar-refractivity contribution in [1.29, 1.82) is 0 Å². The normalized spacial score (nSPS) is 18.7. The third-order valence-electron chi connectivity index (χ3n) is 5.95. The van der Waals surface area contributed by atoms with Gasteiger partial charge in [0.1, 0.15) is 23.0 Å². The number of rotatable bonds is 11. The van der Waals surface area contributed by atoms with Crippen LogP contribution < -0.4 is 9.64 Å². The second-order valence-electron chi connectivity index (χ2n) is 9.19. The van der Waals surface area contributed by atoms with Gasteiger partial charge in [0.05, 0.1) is 6.61 Å². The molecule has 0 unspecified atom stereocenters. The highest BCUT2D eigenvalue weighted by molar-refractivity contribution is 8.01. The van der Waals surface area contributed by atoms with E-state index >= 15 is 0 Å². The van der Waals surface area contributed by atoms with Crippen LogP contribution in [0, 0.1) is 5.92 Å². The number of ether oxygens (including phenoxy) is 2. The molecule has 7 nitrogen and oxygen atoms in total. The van der Waals surface area contributed by atoms with E-state index in [0.29, 0.717) is 25.6 Å². The molecule has 0 bridgehead atoms. The molecule has 1 fully saturated rings. The largest absolute Gasteiger partial charge is 0.480 e. The fourth-order valence-electron chi connectivity index (χ4n) is 3.78. The second kappa shape index (κ2) is 11.7. The number of aromatic nitrogens is 2. The van der Waals surface area contributed by atoms with Crippen molar-refractivity contribution >= 4 is 23.5 Å². The highest BCUT2D eigenvalue weighted by atomic mass is 32.2. The fraction of sp³-hybridized carbons (Fsp3) is 0.560. The average Bonchev–Trinajstić information content (AvgIpc) is 2.79. The molecular formula is C25H35N3O4S. The van der Waals surface area contributed by atoms with Crippen LogP contribution in [0.2, 0.25) is 0 Å². The van der Waals surface area contributed by atoms with Gasteiger partial charge in [-0.1, -0.05) is 19.1 Å². The molecule has 8 heteroatoms. The molecule has 1 heterocycles. The van der Waals surface area contributed by atoms with Crippen LogP contribution in [-0.4, -0.2) is 52.2 Å². The molecule has 33 heavy (non-hydrogen) atoms. The molecule has 1 aliphatic rings. The molecule has 180 valence electrons.